The second-order valence-electron chi connectivity index (χ2n) is 5.12. The maximum atomic E-state index is 12.1. The zero-order valence-electron chi connectivity index (χ0n) is 11.1. The highest BCUT2D eigenvalue weighted by atomic mass is 32.2. The van der Waals surface area contributed by atoms with Crippen LogP contribution in [0, 0.1) is 5.92 Å². The molecule has 0 aromatic heterocycles. The Kier molecular flexibility index (Phi) is 4.24. The SMILES string of the molecule is CS(=O)(=O)c1cccc(NC(=O)C2CCCCC2)c1. The van der Waals surface area contributed by atoms with Gasteiger partial charge < -0.3 is 5.32 Å². The van der Waals surface area contributed by atoms with Crippen LogP contribution in [0.25, 0.3) is 0 Å². The molecule has 1 aromatic carbocycles. The van der Waals surface area contributed by atoms with E-state index in [1.807, 2.05) is 0 Å². The topological polar surface area (TPSA) is 63.2 Å². The maximum Gasteiger partial charge on any atom is 0.227 e. The molecule has 0 aliphatic heterocycles. The van der Waals surface area contributed by atoms with E-state index < -0.39 is 9.84 Å². The molecule has 1 aromatic rings. The van der Waals surface area contributed by atoms with Gasteiger partial charge in [-0.1, -0.05) is 25.3 Å². The Morgan fingerprint density at radius 3 is 2.53 bits per heavy atom. The fraction of sp³-hybridized carbons (Fsp3) is 0.500. The van der Waals surface area contributed by atoms with Gasteiger partial charge >= 0.3 is 0 Å². The number of hydrogen-bond acceptors (Lipinski definition) is 3. The third-order valence-electron chi connectivity index (χ3n) is 3.51. The van der Waals surface area contributed by atoms with Gasteiger partial charge in [0.2, 0.25) is 5.91 Å². The van der Waals surface area contributed by atoms with Crippen molar-refractivity contribution >= 4 is 21.4 Å². The molecule has 19 heavy (non-hydrogen) atoms. The average molecular weight is 281 g/mol. The Balaban J connectivity index is 2.08. The standard InChI is InChI=1S/C14H19NO3S/c1-19(17,18)13-9-5-8-12(10-13)15-14(16)11-6-3-2-4-7-11/h5,8-11H,2-4,6-7H2,1H3,(H,15,16). The van der Waals surface area contributed by atoms with Gasteiger partial charge in [0, 0.05) is 17.9 Å². The van der Waals surface area contributed by atoms with Crippen molar-refractivity contribution in [3.63, 3.8) is 0 Å². The van der Waals surface area contributed by atoms with Crippen LogP contribution in [-0.4, -0.2) is 20.6 Å². The first-order valence-electron chi connectivity index (χ1n) is 6.58. The summed E-state index contributed by atoms with van der Waals surface area (Å²) in [6, 6.07) is 6.41. The predicted octanol–water partition coefficient (Wildman–Crippen LogP) is 2.61. The van der Waals surface area contributed by atoms with Gasteiger partial charge in [-0.3, -0.25) is 4.79 Å². The highest BCUT2D eigenvalue weighted by molar-refractivity contribution is 7.90. The molecular formula is C14H19NO3S. The van der Waals surface area contributed by atoms with Crippen LogP contribution in [0.3, 0.4) is 0 Å². The molecule has 104 valence electrons. The van der Waals surface area contributed by atoms with E-state index in [1.165, 1.54) is 18.6 Å². The second-order valence-corrected chi connectivity index (χ2v) is 7.14. The molecular weight excluding hydrogens is 262 g/mol. The molecule has 0 spiro atoms. The molecule has 0 radical (unpaired) electrons. The molecule has 0 heterocycles. The number of sulfone groups is 1. The molecule has 2 rings (SSSR count). The van der Waals surface area contributed by atoms with Gasteiger partial charge in [0.1, 0.15) is 0 Å². The summed E-state index contributed by atoms with van der Waals surface area (Å²) in [4.78, 5) is 12.3. The summed E-state index contributed by atoms with van der Waals surface area (Å²) in [6.07, 6.45) is 6.42. The first kappa shape index (κ1) is 14.1. The highest BCUT2D eigenvalue weighted by Crippen LogP contribution is 2.25. The lowest BCUT2D eigenvalue weighted by molar-refractivity contribution is -0.120. The zero-order chi connectivity index (χ0) is 13.9. The monoisotopic (exact) mass is 281 g/mol. The van der Waals surface area contributed by atoms with Crippen LogP contribution < -0.4 is 5.32 Å². The first-order valence-corrected chi connectivity index (χ1v) is 8.47. The molecule has 1 aliphatic rings. The van der Waals surface area contributed by atoms with Crippen molar-refractivity contribution in [2.45, 2.75) is 37.0 Å². The summed E-state index contributed by atoms with van der Waals surface area (Å²) in [5.74, 6) is 0.0704. The third kappa shape index (κ3) is 3.80. The summed E-state index contributed by atoms with van der Waals surface area (Å²) in [5, 5.41) is 2.82. The number of anilines is 1. The smallest absolute Gasteiger partial charge is 0.227 e. The Morgan fingerprint density at radius 2 is 1.89 bits per heavy atom. The normalized spacial score (nSPS) is 17.1. The molecule has 1 fully saturated rings. The summed E-state index contributed by atoms with van der Waals surface area (Å²) in [6.45, 7) is 0. The number of amides is 1. The molecule has 1 saturated carbocycles. The minimum absolute atomic E-state index is 0.00495. The zero-order valence-corrected chi connectivity index (χ0v) is 11.9. The van der Waals surface area contributed by atoms with Crippen LogP contribution in [0.15, 0.2) is 29.2 Å². The number of carbonyl (C=O) groups excluding carboxylic acids is 1. The van der Waals surface area contributed by atoms with Gasteiger partial charge in [0.15, 0.2) is 9.84 Å². The van der Waals surface area contributed by atoms with Crippen LogP contribution in [0.1, 0.15) is 32.1 Å². The molecule has 0 bridgehead atoms. The van der Waals surface area contributed by atoms with Gasteiger partial charge in [-0.25, -0.2) is 8.42 Å². The van der Waals surface area contributed by atoms with Crippen LogP contribution in [0.5, 0.6) is 0 Å². The minimum atomic E-state index is -3.24. The van der Waals surface area contributed by atoms with Crippen LogP contribution in [0.2, 0.25) is 0 Å². The largest absolute Gasteiger partial charge is 0.326 e. The Morgan fingerprint density at radius 1 is 1.21 bits per heavy atom. The second kappa shape index (κ2) is 5.74. The lowest BCUT2D eigenvalue weighted by Gasteiger charge is -2.20. The number of hydrogen-bond donors (Lipinski definition) is 1. The lowest BCUT2D eigenvalue weighted by Crippen LogP contribution is -2.24. The number of rotatable bonds is 3. The molecule has 0 unspecified atom stereocenters. The minimum Gasteiger partial charge on any atom is -0.326 e. The van der Waals surface area contributed by atoms with Crippen LogP contribution >= 0.6 is 0 Å². The fourth-order valence-electron chi connectivity index (χ4n) is 2.41. The van der Waals surface area contributed by atoms with E-state index in [9.17, 15) is 13.2 Å². The Bertz CT molecular complexity index is 560. The fourth-order valence-corrected chi connectivity index (χ4v) is 3.08. The van der Waals surface area contributed by atoms with Crippen LogP contribution in [0.4, 0.5) is 5.69 Å². The summed E-state index contributed by atoms with van der Waals surface area (Å²) in [5.41, 5.74) is 0.554. The summed E-state index contributed by atoms with van der Waals surface area (Å²) >= 11 is 0. The molecule has 5 heteroatoms. The first-order chi connectivity index (χ1) is 8.97. The summed E-state index contributed by atoms with van der Waals surface area (Å²) in [7, 11) is -3.24. The number of nitrogens with one attached hydrogen (secondary N) is 1. The molecule has 4 nitrogen and oxygen atoms in total. The van der Waals surface area contributed by atoms with Gasteiger partial charge in [-0.2, -0.15) is 0 Å². The highest BCUT2D eigenvalue weighted by Gasteiger charge is 2.21. The van der Waals surface area contributed by atoms with E-state index >= 15 is 0 Å². The van der Waals surface area contributed by atoms with Gasteiger partial charge in [0.05, 0.1) is 4.90 Å². The Labute approximate surface area is 114 Å². The molecule has 1 N–H and O–H groups in total. The molecule has 0 saturated heterocycles. The van der Waals surface area contributed by atoms with E-state index in [1.54, 1.807) is 12.1 Å². The quantitative estimate of drug-likeness (QED) is 0.926. The molecule has 1 amide bonds. The van der Waals surface area contributed by atoms with E-state index in [0.29, 0.717) is 5.69 Å². The van der Waals surface area contributed by atoms with Crippen molar-refractivity contribution in [1.82, 2.24) is 0 Å². The van der Waals surface area contributed by atoms with Crippen molar-refractivity contribution in [3.8, 4) is 0 Å². The van der Waals surface area contributed by atoms with Gasteiger partial charge in [-0.05, 0) is 31.0 Å². The van der Waals surface area contributed by atoms with E-state index in [2.05, 4.69) is 5.32 Å². The van der Waals surface area contributed by atoms with E-state index in [4.69, 9.17) is 0 Å². The maximum absolute atomic E-state index is 12.1. The molecule has 0 atom stereocenters. The van der Waals surface area contributed by atoms with Crippen molar-refractivity contribution in [1.29, 1.82) is 0 Å². The predicted molar refractivity (Wildman–Crippen MR) is 74.8 cm³/mol. The van der Waals surface area contributed by atoms with Crippen molar-refractivity contribution in [2.24, 2.45) is 5.92 Å². The number of benzene rings is 1. The van der Waals surface area contributed by atoms with E-state index in [0.717, 1.165) is 31.9 Å². The average Bonchev–Trinajstić information content (AvgIpc) is 2.39. The lowest BCUT2D eigenvalue weighted by atomic mass is 9.88. The van der Waals surface area contributed by atoms with Crippen molar-refractivity contribution in [2.75, 3.05) is 11.6 Å². The molecule has 1 aliphatic carbocycles. The number of carbonyl (C=O) groups is 1. The van der Waals surface area contributed by atoms with Gasteiger partial charge in [-0.15, -0.1) is 0 Å². The van der Waals surface area contributed by atoms with Gasteiger partial charge in [0.25, 0.3) is 0 Å². The third-order valence-corrected chi connectivity index (χ3v) is 4.62. The Hall–Kier alpha value is -1.36. The van der Waals surface area contributed by atoms with E-state index in [-0.39, 0.29) is 16.7 Å². The van der Waals surface area contributed by atoms with Crippen LogP contribution in [-0.2, 0) is 14.6 Å². The van der Waals surface area contributed by atoms with Crippen molar-refractivity contribution in [3.05, 3.63) is 24.3 Å². The van der Waals surface area contributed by atoms with Crippen molar-refractivity contribution < 1.29 is 13.2 Å². The summed E-state index contributed by atoms with van der Waals surface area (Å²) < 4.78 is 22.9.